The van der Waals surface area contributed by atoms with E-state index in [1.54, 1.807) is 0 Å². The Morgan fingerprint density at radius 3 is 2.78 bits per heavy atom. The quantitative estimate of drug-likeness (QED) is 0.798. The van der Waals surface area contributed by atoms with Crippen LogP contribution in [0.2, 0.25) is 0 Å². The largest absolute Gasteiger partial charge is 0.381 e. The molecular formula is C13H22ClN3O. The van der Waals surface area contributed by atoms with Gasteiger partial charge in [-0.3, -0.25) is 4.68 Å². The van der Waals surface area contributed by atoms with E-state index in [1.807, 2.05) is 6.20 Å². The molecule has 0 amide bonds. The molecule has 1 aliphatic heterocycles. The van der Waals surface area contributed by atoms with E-state index in [2.05, 4.69) is 9.78 Å². The molecule has 1 aromatic rings. The minimum Gasteiger partial charge on any atom is -0.381 e. The summed E-state index contributed by atoms with van der Waals surface area (Å²) >= 11 is 0. The summed E-state index contributed by atoms with van der Waals surface area (Å²) in [5, 5.41) is 4.59. The highest BCUT2D eigenvalue weighted by molar-refractivity contribution is 5.85. The van der Waals surface area contributed by atoms with Crippen molar-refractivity contribution in [2.45, 2.75) is 50.6 Å². The van der Waals surface area contributed by atoms with Crippen LogP contribution in [0.25, 0.3) is 0 Å². The first-order valence-corrected chi connectivity index (χ1v) is 6.76. The van der Waals surface area contributed by atoms with Crippen LogP contribution in [0, 0.1) is 0 Å². The highest BCUT2D eigenvalue weighted by atomic mass is 35.5. The van der Waals surface area contributed by atoms with Crippen molar-refractivity contribution in [1.29, 1.82) is 0 Å². The lowest BCUT2D eigenvalue weighted by atomic mass is 10.1. The predicted octanol–water partition coefficient (Wildman–Crippen LogP) is 2.38. The fourth-order valence-electron chi connectivity index (χ4n) is 3.03. The van der Waals surface area contributed by atoms with Gasteiger partial charge in [-0.25, -0.2) is 0 Å². The van der Waals surface area contributed by atoms with Crippen LogP contribution in [0.15, 0.2) is 6.20 Å². The molecular weight excluding hydrogens is 250 g/mol. The Balaban J connectivity index is 0.00000120. The molecule has 0 bridgehead atoms. The maximum Gasteiger partial charge on any atom is 0.0566 e. The highest BCUT2D eigenvalue weighted by Crippen LogP contribution is 2.30. The molecule has 2 N–H and O–H groups in total. The molecule has 1 aromatic heterocycles. The van der Waals surface area contributed by atoms with Crippen molar-refractivity contribution in [1.82, 2.24) is 9.78 Å². The summed E-state index contributed by atoms with van der Waals surface area (Å²) in [6.45, 7) is 1.73. The van der Waals surface area contributed by atoms with Crippen LogP contribution in [0.4, 0.5) is 0 Å². The van der Waals surface area contributed by atoms with Gasteiger partial charge in [0.1, 0.15) is 0 Å². The summed E-state index contributed by atoms with van der Waals surface area (Å²) in [6, 6.07) is 0.721. The van der Waals surface area contributed by atoms with Crippen LogP contribution < -0.4 is 5.73 Å². The zero-order chi connectivity index (χ0) is 11.7. The van der Waals surface area contributed by atoms with E-state index in [4.69, 9.17) is 10.5 Å². The molecule has 3 rings (SSSR count). The van der Waals surface area contributed by atoms with E-state index in [9.17, 15) is 0 Å². The van der Waals surface area contributed by atoms with E-state index in [0.29, 0.717) is 6.04 Å². The second kappa shape index (κ2) is 6.04. The van der Waals surface area contributed by atoms with Crippen LogP contribution in [0.5, 0.6) is 0 Å². The smallest absolute Gasteiger partial charge is 0.0566 e. The predicted molar refractivity (Wildman–Crippen MR) is 73.0 cm³/mol. The molecule has 18 heavy (non-hydrogen) atoms. The third kappa shape index (κ3) is 2.56. The number of nitrogens with two attached hydrogens (primary N) is 1. The van der Waals surface area contributed by atoms with Crippen LogP contribution in [-0.4, -0.2) is 23.0 Å². The molecule has 0 spiro atoms. The Morgan fingerprint density at radius 1 is 1.22 bits per heavy atom. The third-order valence-corrected chi connectivity index (χ3v) is 4.05. The normalized spacial score (nSPS) is 25.1. The standard InChI is InChI=1S/C13H21N3O.ClH/c14-12-3-1-2-4-13-11(12)9-15-16(13)10-5-7-17-8-6-10;/h9-10,12H,1-8,14H2;1H. The fourth-order valence-corrected chi connectivity index (χ4v) is 3.03. The Kier molecular flexibility index (Phi) is 4.65. The van der Waals surface area contributed by atoms with Gasteiger partial charge >= 0.3 is 0 Å². The maximum atomic E-state index is 6.21. The summed E-state index contributed by atoms with van der Waals surface area (Å²) in [5.74, 6) is 0. The summed E-state index contributed by atoms with van der Waals surface area (Å²) in [6.07, 6.45) is 8.90. The van der Waals surface area contributed by atoms with Crippen molar-refractivity contribution in [3.63, 3.8) is 0 Å². The summed E-state index contributed by atoms with van der Waals surface area (Å²) in [5.41, 5.74) is 8.89. The van der Waals surface area contributed by atoms with E-state index >= 15 is 0 Å². The Hall–Kier alpha value is -0.580. The van der Waals surface area contributed by atoms with E-state index in [0.717, 1.165) is 38.9 Å². The van der Waals surface area contributed by atoms with Gasteiger partial charge in [0.15, 0.2) is 0 Å². The van der Waals surface area contributed by atoms with Crippen molar-refractivity contribution in [3.05, 3.63) is 17.5 Å². The molecule has 4 nitrogen and oxygen atoms in total. The van der Waals surface area contributed by atoms with E-state index in [1.165, 1.54) is 24.1 Å². The fraction of sp³-hybridized carbons (Fsp3) is 0.769. The molecule has 0 saturated carbocycles. The average Bonchev–Trinajstić information content (AvgIpc) is 2.71. The molecule has 5 heteroatoms. The van der Waals surface area contributed by atoms with Gasteiger partial charge in [-0.15, -0.1) is 12.4 Å². The minimum atomic E-state index is 0. The number of aromatic nitrogens is 2. The monoisotopic (exact) mass is 271 g/mol. The van der Waals surface area contributed by atoms with Gasteiger partial charge in [-0.2, -0.15) is 5.10 Å². The zero-order valence-corrected chi connectivity index (χ0v) is 11.5. The Morgan fingerprint density at radius 2 is 2.00 bits per heavy atom. The number of fused-ring (bicyclic) bond motifs is 1. The Labute approximate surface area is 114 Å². The molecule has 1 fully saturated rings. The van der Waals surface area contributed by atoms with Crippen LogP contribution in [-0.2, 0) is 11.2 Å². The molecule has 2 heterocycles. The van der Waals surface area contributed by atoms with Gasteiger partial charge in [0.2, 0.25) is 0 Å². The number of rotatable bonds is 1. The minimum absolute atomic E-state index is 0. The molecule has 1 atom stereocenters. The van der Waals surface area contributed by atoms with E-state index < -0.39 is 0 Å². The summed E-state index contributed by atoms with van der Waals surface area (Å²) in [7, 11) is 0. The van der Waals surface area contributed by atoms with Gasteiger partial charge in [-0.1, -0.05) is 6.42 Å². The average molecular weight is 272 g/mol. The SMILES string of the molecule is Cl.NC1CCCCc2c1cnn2C1CCOCC1. The first-order valence-electron chi connectivity index (χ1n) is 6.76. The van der Waals surface area contributed by atoms with Crippen molar-refractivity contribution in [3.8, 4) is 0 Å². The number of ether oxygens (including phenoxy) is 1. The molecule has 0 aromatic carbocycles. The second-order valence-corrected chi connectivity index (χ2v) is 5.19. The molecule has 1 aliphatic carbocycles. The van der Waals surface area contributed by atoms with Crippen molar-refractivity contribution in [2.24, 2.45) is 5.73 Å². The van der Waals surface area contributed by atoms with Gasteiger partial charge in [0.25, 0.3) is 0 Å². The van der Waals surface area contributed by atoms with Crippen LogP contribution in [0.1, 0.15) is 55.4 Å². The Bertz CT molecular complexity index is 388. The van der Waals surface area contributed by atoms with Gasteiger partial charge in [0, 0.05) is 30.5 Å². The number of halogens is 1. The first-order chi connectivity index (χ1) is 8.36. The summed E-state index contributed by atoms with van der Waals surface area (Å²) < 4.78 is 7.66. The van der Waals surface area contributed by atoms with Crippen molar-refractivity contribution < 1.29 is 4.74 Å². The molecule has 1 unspecified atom stereocenters. The van der Waals surface area contributed by atoms with Gasteiger partial charge < -0.3 is 10.5 Å². The van der Waals surface area contributed by atoms with Gasteiger partial charge in [0.05, 0.1) is 12.2 Å². The molecule has 0 radical (unpaired) electrons. The number of hydrogen-bond donors (Lipinski definition) is 1. The van der Waals surface area contributed by atoms with Gasteiger partial charge in [-0.05, 0) is 32.1 Å². The topological polar surface area (TPSA) is 53.1 Å². The van der Waals surface area contributed by atoms with E-state index in [-0.39, 0.29) is 18.4 Å². The van der Waals surface area contributed by atoms with Crippen molar-refractivity contribution in [2.75, 3.05) is 13.2 Å². The molecule has 102 valence electrons. The lowest BCUT2D eigenvalue weighted by Gasteiger charge is -2.24. The second-order valence-electron chi connectivity index (χ2n) is 5.19. The number of nitrogens with zero attached hydrogens (tertiary/aromatic N) is 2. The number of hydrogen-bond acceptors (Lipinski definition) is 3. The lowest BCUT2D eigenvalue weighted by Crippen LogP contribution is -2.22. The van der Waals surface area contributed by atoms with Crippen molar-refractivity contribution >= 4 is 12.4 Å². The highest BCUT2D eigenvalue weighted by Gasteiger charge is 2.24. The third-order valence-electron chi connectivity index (χ3n) is 4.05. The molecule has 1 saturated heterocycles. The summed E-state index contributed by atoms with van der Waals surface area (Å²) in [4.78, 5) is 0. The molecule has 2 aliphatic rings. The van der Waals surface area contributed by atoms with Crippen LogP contribution in [0.3, 0.4) is 0 Å². The first kappa shape index (κ1) is 13.8. The van der Waals surface area contributed by atoms with Crippen LogP contribution >= 0.6 is 12.4 Å². The zero-order valence-electron chi connectivity index (χ0n) is 10.7. The lowest BCUT2D eigenvalue weighted by molar-refractivity contribution is 0.0654. The maximum absolute atomic E-state index is 6.21.